The quantitative estimate of drug-likeness (QED) is 0.438. The Morgan fingerprint density at radius 2 is 1.63 bits per heavy atom. The molecule has 0 aliphatic carbocycles. The molecule has 4 rings (SSSR count). The van der Waals surface area contributed by atoms with E-state index in [-0.39, 0.29) is 7.43 Å². The van der Waals surface area contributed by atoms with Crippen molar-refractivity contribution < 1.29 is 23.1 Å². The molecule has 0 saturated carbocycles. The Balaban J connectivity index is 0.000000350. The normalized spacial score (nSPS) is 10.8. The first-order valence-electron chi connectivity index (χ1n) is 8.81. The first-order valence-corrected chi connectivity index (χ1v) is 8.81. The van der Waals surface area contributed by atoms with Crippen molar-refractivity contribution in [3.63, 3.8) is 0 Å². The fourth-order valence-electron chi connectivity index (χ4n) is 2.89. The smallest absolute Gasteiger partial charge is 0.475 e. The molecule has 0 bridgehead atoms. The van der Waals surface area contributed by atoms with Crippen LogP contribution in [0.3, 0.4) is 0 Å². The van der Waals surface area contributed by atoms with Crippen LogP contribution >= 0.6 is 0 Å². The molecule has 2 heterocycles. The molecule has 4 aromatic rings. The van der Waals surface area contributed by atoms with Crippen LogP contribution in [0.1, 0.15) is 14.4 Å². The van der Waals surface area contributed by atoms with Gasteiger partial charge in [-0.15, -0.1) is 0 Å². The first kappa shape index (κ1) is 22.7. The van der Waals surface area contributed by atoms with E-state index >= 15 is 0 Å². The number of nitrogens with one attached hydrogen (secondary N) is 1. The van der Waals surface area contributed by atoms with Crippen LogP contribution in [-0.4, -0.2) is 33.2 Å². The first-order chi connectivity index (χ1) is 13.8. The molecule has 0 fully saturated rings. The highest BCUT2D eigenvalue weighted by molar-refractivity contribution is 5.87. The third-order valence-electron chi connectivity index (χ3n) is 4.15. The van der Waals surface area contributed by atoms with Gasteiger partial charge in [0.05, 0.1) is 22.2 Å². The van der Waals surface area contributed by atoms with Crippen molar-refractivity contribution in [2.75, 3.05) is 11.9 Å². The molecule has 5 nitrogen and oxygen atoms in total. The zero-order valence-electron chi connectivity index (χ0n) is 15.4. The Hall–Kier alpha value is -3.55. The summed E-state index contributed by atoms with van der Waals surface area (Å²) in [5.41, 5.74) is 6.57. The fraction of sp³-hybridized carbons (Fsp3) is 0.182. The summed E-state index contributed by atoms with van der Waals surface area (Å²) in [5, 5.41) is 10.4. The zero-order chi connectivity index (χ0) is 21.0. The predicted molar refractivity (Wildman–Crippen MR) is 113 cm³/mol. The molecule has 2 N–H and O–H groups in total. The average Bonchev–Trinajstić information content (AvgIpc) is 3.18. The van der Waals surface area contributed by atoms with E-state index in [2.05, 4.69) is 71.4 Å². The molecule has 0 saturated heterocycles. The second kappa shape index (κ2) is 9.30. The number of aliphatic carboxylic acids is 1. The van der Waals surface area contributed by atoms with Gasteiger partial charge >= 0.3 is 12.1 Å². The molecule has 0 radical (unpaired) electrons. The van der Waals surface area contributed by atoms with E-state index in [0.29, 0.717) is 0 Å². The van der Waals surface area contributed by atoms with Crippen LogP contribution in [0.4, 0.5) is 18.9 Å². The van der Waals surface area contributed by atoms with Gasteiger partial charge in [-0.25, -0.2) is 9.78 Å². The summed E-state index contributed by atoms with van der Waals surface area (Å²) in [6.07, 6.45) is -2.99. The maximum absolute atomic E-state index is 10.6. The van der Waals surface area contributed by atoms with Crippen molar-refractivity contribution in [2.24, 2.45) is 0 Å². The van der Waals surface area contributed by atoms with Crippen molar-refractivity contribution in [1.29, 1.82) is 0 Å². The summed E-state index contributed by atoms with van der Waals surface area (Å²) in [4.78, 5) is 13.8. The molecular weight excluding hydrogens is 395 g/mol. The number of hydrogen-bond acceptors (Lipinski definition) is 3. The molecule has 0 atom stereocenters. The van der Waals surface area contributed by atoms with Crippen molar-refractivity contribution in [1.82, 2.24) is 9.38 Å². The van der Waals surface area contributed by atoms with Gasteiger partial charge in [0.1, 0.15) is 0 Å². The SMILES string of the molecule is C.CCNc1ccc(-c2nc3ccccc3n3cccc23)cc1.O=C(O)C(F)(F)F. The van der Waals surface area contributed by atoms with Crippen LogP contribution in [-0.2, 0) is 4.79 Å². The summed E-state index contributed by atoms with van der Waals surface area (Å²) < 4.78 is 33.9. The maximum Gasteiger partial charge on any atom is 0.490 e. The number of benzene rings is 2. The molecule has 30 heavy (non-hydrogen) atoms. The van der Waals surface area contributed by atoms with E-state index in [0.717, 1.165) is 40.0 Å². The lowest BCUT2D eigenvalue weighted by Crippen LogP contribution is -2.21. The van der Waals surface area contributed by atoms with Crippen LogP contribution < -0.4 is 5.32 Å². The van der Waals surface area contributed by atoms with Crippen molar-refractivity contribution >= 4 is 28.2 Å². The number of carbonyl (C=O) groups is 1. The Morgan fingerprint density at radius 3 is 2.23 bits per heavy atom. The molecule has 0 unspecified atom stereocenters. The van der Waals surface area contributed by atoms with E-state index in [1.165, 1.54) is 0 Å². The lowest BCUT2D eigenvalue weighted by Gasteiger charge is -2.09. The van der Waals surface area contributed by atoms with Gasteiger partial charge in [-0.05, 0) is 43.3 Å². The van der Waals surface area contributed by atoms with E-state index in [9.17, 15) is 13.2 Å². The minimum atomic E-state index is -5.08. The highest BCUT2D eigenvalue weighted by Gasteiger charge is 2.38. The lowest BCUT2D eigenvalue weighted by atomic mass is 10.1. The molecule has 2 aromatic carbocycles. The molecule has 0 spiro atoms. The largest absolute Gasteiger partial charge is 0.490 e. The summed E-state index contributed by atoms with van der Waals surface area (Å²) in [6, 6.07) is 20.9. The number of halogens is 3. The molecule has 0 aliphatic heterocycles. The third kappa shape index (κ3) is 4.89. The van der Waals surface area contributed by atoms with Gasteiger partial charge in [-0.2, -0.15) is 13.2 Å². The molecule has 2 aromatic heterocycles. The lowest BCUT2D eigenvalue weighted by molar-refractivity contribution is -0.192. The highest BCUT2D eigenvalue weighted by atomic mass is 19.4. The van der Waals surface area contributed by atoms with Gasteiger partial charge in [-0.1, -0.05) is 31.7 Å². The molecular formula is C22H22F3N3O2. The summed E-state index contributed by atoms with van der Waals surface area (Å²) in [7, 11) is 0. The monoisotopic (exact) mass is 417 g/mol. The van der Waals surface area contributed by atoms with E-state index in [1.807, 2.05) is 12.1 Å². The Morgan fingerprint density at radius 1 is 1.03 bits per heavy atom. The number of alkyl halides is 3. The topological polar surface area (TPSA) is 66.6 Å². The van der Waals surface area contributed by atoms with E-state index in [4.69, 9.17) is 14.9 Å². The number of rotatable bonds is 3. The van der Waals surface area contributed by atoms with Gasteiger partial charge < -0.3 is 14.8 Å². The number of hydrogen-bond donors (Lipinski definition) is 2. The van der Waals surface area contributed by atoms with Gasteiger partial charge in [-0.3, -0.25) is 0 Å². The van der Waals surface area contributed by atoms with Crippen LogP contribution in [0.2, 0.25) is 0 Å². The van der Waals surface area contributed by atoms with Crippen LogP contribution in [0.25, 0.3) is 27.8 Å². The van der Waals surface area contributed by atoms with Gasteiger partial charge in [0.2, 0.25) is 0 Å². The van der Waals surface area contributed by atoms with Crippen molar-refractivity contribution in [3.05, 3.63) is 66.9 Å². The molecule has 8 heteroatoms. The maximum atomic E-state index is 10.6. The minimum absolute atomic E-state index is 0. The summed E-state index contributed by atoms with van der Waals surface area (Å²) in [5.74, 6) is -2.76. The summed E-state index contributed by atoms with van der Waals surface area (Å²) in [6.45, 7) is 3.03. The van der Waals surface area contributed by atoms with Gasteiger partial charge in [0.25, 0.3) is 0 Å². The fourth-order valence-corrected chi connectivity index (χ4v) is 2.89. The van der Waals surface area contributed by atoms with Crippen LogP contribution in [0.15, 0.2) is 66.9 Å². The summed E-state index contributed by atoms with van der Waals surface area (Å²) >= 11 is 0. The van der Waals surface area contributed by atoms with Gasteiger partial charge in [0, 0.05) is 24.0 Å². The third-order valence-corrected chi connectivity index (χ3v) is 4.15. The number of nitrogens with zero attached hydrogens (tertiary/aromatic N) is 2. The average molecular weight is 417 g/mol. The van der Waals surface area contributed by atoms with E-state index in [1.54, 1.807) is 0 Å². The van der Waals surface area contributed by atoms with Crippen LogP contribution in [0, 0.1) is 0 Å². The number of carboxylic acid groups (broad SMARTS) is 1. The highest BCUT2D eigenvalue weighted by Crippen LogP contribution is 2.27. The predicted octanol–water partition coefficient (Wildman–Crippen LogP) is 5.86. The van der Waals surface area contributed by atoms with E-state index < -0.39 is 12.1 Å². The number of para-hydroxylation sites is 2. The molecule has 0 aliphatic rings. The standard InChI is InChI=1S/C19H17N3.C2HF3O2.CH4/c1-2-20-15-11-9-14(10-12-15)19-18-8-5-13-22(18)17-7-4-3-6-16(17)21-19;3-2(4,5)1(6)7;/h3-13,20H,2H2,1H3;(H,6,7);1H4. The Kier molecular flexibility index (Phi) is 7.05. The Bertz CT molecular complexity index is 1140. The number of aromatic nitrogens is 2. The number of fused-ring (bicyclic) bond motifs is 3. The number of carboxylic acids is 1. The van der Waals surface area contributed by atoms with Crippen molar-refractivity contribution in [3.8, 4) is 11.3 Å². The van der Waals surface area contributed by atoms with Crippen LogP contribution in [0.5, 0.6) is 0 Å². The molecule has 158 valence electrons. The van der Waals surface area contributed by atoms with Crippen molar-refractivity contribution in [2.45, 2.75) is 20.5 Å². The Labute approximate surface area is 171 Å². The second-order valence-electron chi connectivity index (χ2n) is 6.12. The van der Waals surface area contributed by atoms with Gasteiger partial charge in [0.15, 0.2) is 0 Å². The zero-order valence-corrected chi connectivity index (χ0v) is 15.4. The second-order valence-corrected chi connectivity index (χ2v) is 6.12. The minimum Gasteiger partial charge on any atom is -0.475 e. The molecule has 0 amide bonds. The number of anilines is 1.